The average molecular weight is 365 g/mol. The van der Waals surface area contributed by atoms with Crippen molar-refractivity contribution in [1.29, 1.82) is 0 Å². The lowest BCUT2D eigenvalue weighted by atomic mass is 10.1. The van der Waals surface area contributed by atoms with Gasteiger partial charge in [0.25, 0.3) is 0 Å². The fraction of sp³-hybridized carbons (Fsp3) is 0.231. The van der Waals surface area contributed by atoms with Crippen LogP contribution in [-0.2, 0) is 6.42 Å². The number of halogens is 3. The second-order valence-electron chi connectivity index (χ2n) is 4.15. The first-order valence-corrected chi connectivity index (χ1v) is 7.79. The second kappa shape index (κ2) is 5.93. The highest BCUT2D eigenvalue weighted by Crippen LogP contribution is 2.33. The molecular weight excluding hydrogens is 353 g/mol. The SMILES string of the molecule is Cc1cc(C(N)Cc2ccc(Cl)cc2Cl)sc1Br. The fourth-order valence-electron chi connectivity index (χ4n) is 1.69. The maximum Gasteiger partial charge on any atom is 0.0731 e. The van der Waals surface area contributed by atoms with Crippen LogP contribution >= 0.6 is 50.5 Å². The zero-order valence-corrected chi connectivity index (χ0v) is 13.6. The van der Waals surface area contributed by atoms with Gasteiger partial charge in [0.1, 0.15) is 0 Å². The van der Waals surface area contributed by atoms with Gasteiger partial charge in [-0.05, 0) is 58.6 Å². The number of hydrogen-bond acceptors (Lipinski definition) is 2. The first-order valence-electron chi connectivity index (χ1n) is 5.42. The monoisotopic (exact) mass is 363 g/mol. The molecule has 1 aromatic heterocycles. The topological polar surface area (TPSA) is 26.0 Å². The smallest absolute Gasteiger partial charge is 0.0731 e. The van der Waals surface area contributed by atoms with E-state index in [2.05, 4.69) is 28.9 Å². The quantitative estimate of drug-likeness (QED) is 0.778. The molecule has 2 aromatic rings. The van der Waals surface area contributed by atoms with Crippen molar-refractivity contribution >= 4 is 50.5 Å². The first-order chi connectivity index (χ1) is 8.47. The molecule has 1 heterocycles. The second-order valence-corrected chi connectivity index (χ2v) is 7.40. The summed E-state index contributed by atoms with van der Waals surface area (Å²) in [6, 6.07) is 7.59. The number of rotatable bonds is 3. The third kappa shape index (κ3) is 3.28. The van der Waals surface area contributed by atoms with Gasteiger partial charge < -0.3 is 5.73 Å². The highest BCUT2D eigenvalue weighted by atomic mass is 79.9. The van der Waals surface area contributed by atoms with Crippen molar-refractivity contribution in [3.63, 3.8) is 0 Å². The predicted molar refractivity (Wildman–Crippen MR) is 83.9 cm³/mol. The van der Waals surface area contributed by atoms with Crippen LogP contribution in [0.3, 0.4) is 0 Å². The summed E-state index contributed by atoms with van der Waals surface area (Å²) in [5.41, 5.74) is 8.45. The van der Waals surface area contributed by atoms with E-state index in [1.807, 2.05) is 12.1 Å². The lowest BCUT2D eigenvalue weighted by Gasteiger charge is -2.11. The van der Waals surface area contributed by atoms with Crippen LogP contribution in [-0.4, -0.2) is 0 Å². The third-order valence-electron chi connectivity index (χ3n) is 2.70. The molecule has 5 heteroatoms. The first kappa shape index (κ1) is 14.4. The molecule has 1 atom stereocenters. The zero-order valence-electron chi connectivity index (χ0n) is 9.71. The van der Waals surface area contributed by atoms with E-state index in [1.165, 1.54) is 5.56 Å². The molecule has 2 rings (SSSR count). The largest absolute Gasteiger partial charge is 0.323 e. The Bertz CT molecular complexity index is 549. The number of hydrogen-bond donors (Lipinski definition) is 1. The summed E-state index contributed by atoms with van der Waals surface area (Å²) in [4.78, 5) is 1.16. The van der Waals surface area contributed by atoms with E-state index in [-0.39, 0.29) is 6.04 Å². The molecule has 0 amide bonds. The van der Waals surface area contributed by atoms with Crippen molar-refractivity contribution in [2.75, 3.05) is 0 Å². The summed E-state index contributed by atoms with van der Waals surface area (Å²) in [7, 11) is 0. The van der Waals surface area contributed by atoms with E-state index in [4.69, 9.17) is 28.9 Å². The van der Waals surface area contributed by atoms with Gasteiger partial charge in [-0.25, -0.2) is 0 Å². The van der Waals surface area contributed by atoms with Crippen molar-refractivity contribution in [2.45, 2.75) is 19.4 Å². The van der Waals surface area contributed by atoms with Crippen LogP contribution < -0.4 is 5.73 Å². The van der Waals surface area contributed by atoms with Crippen LogP contribution in [0.2, 0.25) is 10.0 Å². The number of nitrogens with two attached hydrogens (primary N) is 1. The minimum atomic E-state index is -0.0429. The van der Waals surface area contributed by atoms with E-state index < -0.39 is 0 Å². The Morgan fingerprint density at radius 3 is 2.61 bits per heavy atom. The van der Waals surface area contributed by atoms with E-state index >= 15 is 0 Å². The van der Waals surface area contributed by atoms with E-state index in [0.717, 1.165) is 14.2 Å². The summed E-state index contributed by atoms with van der Waals surface area (Å²) >= 11 is 17.2. The van der Waals surface area contributed by atoms with Crippen LogP contribution in [0.1, 0.15) is 22.0 Å². The zero-order chi connectivity index (χ0) is 13.3. The van der Waals surface area contributed by atoms with Crippen LogP contribution in [0, 0.1) is 6.92 Å². The molecule has 0 radical (unpaired) electrons. The Kier molecular flexibility index (Phi) is 4.73. The van der Waals surface area contributed by atoms with Crippen molar-refractivity contribution in [1.82, 2.24) is 0 Å². The summed E-state index contributed by atoms with van der Waals surface area (Å²) in [6.07, 6.45) is 0.711. The minimum Gasteiger partial charge on any atom is -0.323 e. The fourth-order valence-corrected chi connectivity index (χ4v) is 3.75. The van der Waals surface area contributed by atoms with Crippen molar-refractivity contribution in [3.05, 3.63) is 54.1 Å². The summed E-state index contributed by atoms with van der Waals surface area (Å²) < 4.78 is 1.13. The molecule has 96 valence electrons. The Morgan fingerprint density at radius 1 is 1.33 bits per heavy atom. The maximum atomic E-state index is 6.21. The molecule has 0 bridgehead atoms. The van der Waals surface area contributed by atoms with Gasteiger partial charge in [-0.3, -0.25) is 0 Å². The summed E-state index contributed by atoms with van der Waals surface area (Å²) in [5.74, 6) is 0. The molecule has 0 saturated carbocycles. The predicted octanol–water partition coefficient (Wildman–Crippen LogP) is 5.37. The van der Waals surface area contributed by atoms with Gasteiger partial charge in [-0.2, -0.15) is 0 Å². The van der Waals surface area contributed by atoms with Gasteiger partial charge in [-0.1, -0.05) is 29.3 Å². The molecule has 18 heavy (non-hydrogen) atoms. The molecule has 0 fully saturated rings. The number of thiophene rings is 1. The van der Waals surface area contributed by atoms with Gasteiger partial charge in [0.15, 0.2) is 0 Å². The summed E-state index contributed by atoms with van der Waals surface area (Å²) in [6.45, 7) is 2.06. The van der Waals surface area contributed by atoms with Crippen LogP contribution in [0.4, 0.5) is 0 Å². The standard InChI is InChI=1S/C13H12BrCl2NS/c1-7-4-12(18-13(7)14)11(17)5-8-2-3-9(15)6-10(8)16/h2-4,6,11H,5,17H2,1H3. The van der Waals surface area contributed by atoms with Gasteiger partial charge in [0, 0.05) is 21.0 Å². The Balaban J connectivity index is 2.18. The van der Waals surface area contributed by atoms with Gasteiger partial charge >= 0.3 is 0 Å². The number of benzene rings is 1. The highest BCUT2D eigenvalue weighted by Gasteiger charge is 2.13. The lowest BCUT2D eigenvalue weighted by molar-refractivity contribution is 0.736. The van der Waals surface area contributed by atoms with E-state index in [1.54, 1.807) is 17.4 Å². The normalized spacial score (nSPS) is 12.7. The average Bonchev–Trinajstić information content (AvgIpc) is 2.63. The van der Waals surface area contributed by atoms with Crippen LogP contribution in [0.25, 0.3) is 0 Å². The maximum absolute atomic E-state index is 6.21. The molecule has 1 unspecified atom stereocenters. The van der Waals surface area contributed by atoms with Gasteiger partial charge in [0.2, 0.25) is 0 Å². The molecule has 0 aliphatic rings. The molecule has 1 nitrogen and oxygen atoms in total. The molecular formula is C13H12BrCl2NS. The minimum absolute atomic E-state index is 0.0429. The van der Waals surface area contributed by atoms with Crippen molar-refractivity contribution in [3.8, 4) is 0 Å². The lowest BCUT2D eigenvalue weighted by Crippen LogP contribution is -2.12. The Labute approximate surface area is 129 Å². The molecule has 0 aliphatic heterocycles. The highest BCUT2D eigenvalue weighted by molar-refractivity contribution is 9.11. The van der Waals surface area contributed by atoms with Crippen molar-refractivity contribution in [2.24, 2.45) is 5.73 Å². The van der Waals surface area contributed by atoms with Gasteiger partial charge in [-0.15, -0.1) is 11.3 Å². The van der Waals surface area contributed by atoms with E-state index in [0.29, 0.717) is 16.5 Å². The molecule has 0 saturated heterocycles. The molecule has 0 spiro atoms. The van der Waals surface area contributed by atoms with E-state index in [9.17, 15) is 0 Å². The molecule has 0 aliphatic carbocycles. The van der Waals surface area contributed by atoms with Gasteiger partial charge in [0.05, 0.1) is 3.79 Å². The number of aryl methyl sites for hydroxylation is 1. The van der Waals surface area contributed by atoms with Crippen molar-refractivity contribution < 1.29 is 0 Å². The summed E-state index contributed by atoms with van der Waals surface area (Å²) in [5, 5.41) is 1.32. The third-order valence-corrected chi connectivity index (χ3v) is 5.55. The van der Waals surface area contributed by atoms with Crippen LogP contribution in [0.5, 0.6) is 0 Å². The molecule has 1 aromatic carbocycles. The van der Waals surface area contributed by atoms with Crippen LogP contribution in [0.15, 0.2) is 28.1 Å². The molecule has 2 N–H and O–H groups in total. The Hall–Kier alpha value is -0.0600. The Morgan fingerprint density at radius 2 is 2.06 bits per heavy atom.